The summed E-state index contributed by atoms with van der Waals surface area (Å²) in [6, 6.07) is 27.9. The molecule has 9 heteroatoms. The first kappa shape index (κ1) is 34.7. The predicted molar refractivity (Wildman–Crippen MR) is 210 cm³/mol. The highest BCUT2D eigenvalue weighted by molar-refractivity contribution is 6.05. The molecule has 2 fully saturated rings. The van der Waals surface area contributed by atoms with Gasteiger partial charge < -0.3 is 15.5 Å². The van der Waals surface area contributed by atoms with Gasteiger partial charge in [0, 0.05) is 74.1 Å². The molecular formula is C44H45F2N7. The number of amidine groups is 1. The number of hydrogen-bond donors (Lipinski definition) is 1. The molecule has 4 aromatic rings. The summed E-state index contributed by atoms with van der Waals surface area (Å²) in [6.45, 7) is 9.49. The van der Waals surface area contributed by atoms with Crippen molar-refractivity contribution in [2.75, 3.05) is 33.2 Å². The highest BCUT2D eigenvalue weighted by atomic mass is 19.1. The third-order valence-corrected chi connectivity index (χ3v) is 11.3. The van der Waals surface area contributed by atoms with Gasteiger partial charge in [-0.3, -0.25) is 9.80 Å². The summed E-state index contributed by atoms with van der Waals surface area (Å²) in [7, 11) is 2.18. The summed E-state index contributed by atoms with van der Waals surface area (Å²) in [6.07, 6.45) is 10.8. The predicted octanol–water partition coefficient (Wildman–Crippen LogP) is 8.25. The molecule has 1 saturated carbocycles. The Morgan fingerprint density at radius 3 is 2.38 bits per heavy atom. The maximum atomic E-state index is 14.0. The Kier molecular flexibility index (Phi) is 9.53. The van der Waals surface area contributed by atoms with Gasteiger partial charge in [0.05, 0.1) is 22.9 Å². The Morgan fingerprint density at radius 2 is 1.64 bits per heavy atom. The van der Waals surface area contributed by atoms with Gasteiger partial charge in [-0.2, -0.15) is 0 Å². The van der Waals surface area contributed by atoms with Gasteiger partial charge in [0.1, 0.15) is 29.3 Å². The van der Waals surface area contributed by atoms with Gasteiger partial charge in [0.25, 0.3) is 0 Å². The second-order valence-corrected chi connectivity index (χ2v) is 14.4. The lowest BCUT2D eigenvalue weighted by Crippen LogP contribution is -2.58. The van der Waals surface area contributed by atoms with Gasteiger partial charge in [0.15, 0.2) is 0 Å². The monoisotopic (exact) mass is 709 g/mol. The van der Waals surface area contributed by atoms with Crippen molar-refractivity contribution in [3.8, 4) is 11.3 Å². The number of benzene rings is 3. The number of halogens is 2. The molecule has 53 heavy (non-hydrogen) atoms. The Balaban J connectivity index is 0.966. The van der Waals surface area contributed by atoms with Crippen LogP contribution in [-0.4, -0.2) is 75.9 Å². The van der Waals surface area contributed by atoms with E-state index in [0.29, 0.717) is 17.8 Å². The van der Waals surface area contributed by atoms with Crippen LogP contribution in [0.5, 0.6) is 0 Å². The van der Waals surface area contributed by atoms with E-state index in [-0.39, 0.29) is 23.9 Å². The second-order valence-electron chi connectivity index (χ2n) is 14.4. The van der Waals surface area contributed by atoms with E-state index < -0.39 is 0 Å². The topological polar surface area (TPSA) is 64.2 Å². The number of nitrogens with two attached hydrogens (primary N) is 1. The molecule has 1 aromatic heterocycles. The Labute approximate surface area is 310 Å². The SMILES string of the molecule is C=C(/C=C\C(F)=C/C)C(c1ccc(F)cc1)N1CCN([C@H]2C[C@@H](C3N(C)C(c4ccc5ccc(-c6ccccc6)nc5c4)=C4C(N)=NC=CN43)C2)CC1. The minimum absolute atomic E-state index is 0.123. The molecule has 2 N–H and O–H groups in total. The Bertz CT molecular complexity index is 2160. The van der Waals surface area contributed by atoms with E-state index in [4.69, 9.17) is 10.7 Å². The van der Waals surface area contributed by atoms with E-state index >= 15 is 0 Å². The quantitative estimate of drug-likeness (QED) is 0.177. The first-order valence-corrected chi connectivity index (χ1v) is 18.4. The molecule has 4 aliphatic rings. The second kappa shape index (κ2) is 14.6. The van der Waals surface area contributed by atoms with Gasteiger partial charge >= 0.3 is 0 Å². The summed E-state index contributed by atoms with van der Waals surface area (Å²) in [4.78, 5) is 19.3. The number of pyridine rings is 1. The number of piperazine rings is 1. The van der Waals surface area contributed by atoms with E-state index in [1.165, 1.54) is 24.3 Å². The highest BCUT2D eigenvalue weighted by Gasteiger charge is 2.48. The molecule has 3 aromatic carbocycles. The number of rotatable bonds is 9. The van der Waals surface area contributed by atoms with Crippen LogP contribution < -0.4 is 5.73 Å². The molecule has 270 valence electrons. The summed E-state index contributed by atoms with van der Waals surface area (Å²) in [5.41, 5.74) is 14.4. The number of allylic oxidation sites excluding steroid dienone is 3. The van der Waals surface area contributed by atoms with E-state index in [1.807, 2.05) is 30.3 Å². The number of hydrogen-bond acceptors (Lipinski definition) is 7. The zero-order chi connectivity index (χ0) is 36.6. The average Bonchev–Trinajstić information content (AvgIpc) is 3.46. The van der Waals surface area contributed by atoms with E-state index in [9.17, 15) is 8.78 Å². The average molecular weight is 710 g/mol. The van der Waals surface area contributed by atoms with Crippen LogP contribution in [0.15, 0.2) is 144 Å². The maximum Gasteiger partial charge on any atom is 0.149 e. The summed E-state index contributed by atoms with van der Waals surface area (Å²) in [5.74, 6) is 0.378. The van der Waals surface area contributed by atoms with Crippen molar-refractivity contribution in [3.63, 3.8) is 0 Å². The van der Waals surface area contributed by atoms with Crippen LogP contribution in [0.2, 0.25) is 0 Å². The van der Waals surface area contributed by atoms with Crippen LogP contribution in [0.4, 0.5) is 8.78 Å². The van der Waals surface area contributed by atoms with Crippen LogP contribution in [0.25, 0.3) is 27.9 Å². The summed E-state index contributed by atoms with van der Waals surface area (Å²) >= 11 is 0. The largest absolute Gasteiger partial charge is 0.382 e. The molecule has 0 radical (unpaired) electrons. The fourth-order valence-electron chi connectivity index (χ4n) is 8.53. The molecule has 7 nitrogen and oxygen atoms in total. The molecule has 1 saturated heterocycles. The Hall–Kier alpha value is -5.38. The van der Waals surface area contributed by atoms with Crippen molar-refractivity contribution in [2.45, 2.75) is 38.0 Å². The fraction of sp³-hybridized carbons (Fsp3) is 0.273. The fourth-order valence-corrected chi connectivity index (χ4v) is 8.53. The zero-order valence-corrected chi connectivity index (χ0v) is 30.2. The van der Waals surface area contributed by atoms with Gasteiger partial charge in [-0.1, -0.05) is 79.4 Å². The molecule has 2 atom stereocenters. The molecule has 2 unspecified atom stereocenters. The molecule has 3 aliphatic heterocycles. The smallest absolute Gasteiger partial charge is 0.149 e. The van der Waals surface area contributed by atoms with Crippen LogP contribution >= 0.6 is 0 Å². The van der Waals surface area contributed by atoms with Gasteiger partial charge in [-0.15, -0.1) is 0 Å². The molecule has 8 rings (SSSR count). The lowest BCUT2D eigenvalue weighted by atomic mass is 9.76. The number of aliphatic imine (C=N–C) groups is 1. The number of aromatic nitrogens is 1. The first-order chi connectivity index (χ1) is 25.8. The van der Waals surface area contributed by atoms with Crippen LogP contribution in [0, 0.1) is 11.7 Å². The minimum Gasteiger partial charge on any atom is -0.382 e. The van der Waals surface area contributed by atoms with Crippen molar-refractivity contribution < 1.29 is 8.78 Å². The highest BCUT2D eigenvalue weighted by Crippen LogP contribution is 2.46. The van der Waals surface area contributed by atoms with Crippen molar-refractivity contribution >= 4 is 22.4 Å². The number of fused-ring (bicyclic) bond motifs is 2. The van der Waals surface area contributed by atoms with Crippen LogP contribution in [-0.2, 0) is 0 Å². The standard InChI is InChI=1S/C44H45F2N7/c1-4-35(45)16-10-29(2)40(32-13-17-36(46)18-14-32)52-24-22-51(23-25-52)37-26-34(27-37)44-50(3)41(42-43(47)48-20-21-53(42)44)33-12-11-31-15-19-38(49-39(31)28-33)30-8-6-5-7-9-30/h4-21,28,34,37,40,44H,2,22-27H2,1,3H3,(H2,47,48)/b16-10-,35-4+/t34-,37+,40?,44?. The van der Waals surface area contributed by atoms with Gasteiger partial charge in [-0.05, 0) is 61.2 Å². The van der Waals surface area contributed by atoms with Crippen LogP contribution in [0.1, 0.15) is 36.9 Å². The molecule has 4 heterocycles. The number of nitrogens with zero attached hydrogens (tertiary/aromatic N) is 6. The van der Waals surface area contributed by atoms with E-state index in [0.717, 1.165) is 89.3 Å². The minimum atomic E-state index is -0.308. The molecule has 0 spiro atoms. The zero-order valence-electron chi connectivity index (χ0n) is 30.2. The summed E-state index contributed by atoms with van der Waals surface area (Å²) in [5, 5.41) is 1.09. The molecule has 1 aliphatic carbocycles. The van der Waals surface area contributed by atoms with Crippen LogP contribution in [0.3, 0.4) is 0 Å². The van der Waals surface area contributed by atoms with Gasteiger partial charge in [-0.25, -0.2) is 18.8 Å². The van der Waals surface area contributed by atoms with Crippen molar-refractivity contribution in [1.29, 1.82) is 0 Å². The molecular weight excluding hydrogens is 665 g/mol. The lowest BCUT2D eigenvalue weighted by molar-refractivity contribution is -0.0136. The van der Waals surface area contributed by atoms with Gasteiger partial charge in [0.2, 0.25) is 0 Å². The first-order valence-electron chi connectivity index (χ1n) is 18.4. The van der Waals surface area contributed by atoms with Crippen molar-refractivity contribution in [1.82, 2.24) is 24.6 Å². The summed E-state index contributed by atoms with van der Waals surface area (Å²) < 4.78 is 27.8. The molecule has 0 amide bonds. The normalized spacial score (nSPS) is 23.1. The third kappa shape index (κ3) is 6.71. The van der Waals surface area contributed by atoms with Crippen molar-refractivity contribution in [3.05, 3.63) is 156 Å². The van der Waals surface area contributed by atoms with E-state index in [1.54, 1.807) is 19.2 Å². The maximum absolute atomic E-state index is 14.0. The third-order valence-electron chi connectivity index (χ3n) is 11.3. The lowest BCUT2D eigenvalue weighted by Gasteiger charge is -2.51. The van der Waals surface area contributed by atoms with Crippen molar-refractivity contribution in [2.24, 2.45) is 16.6 Å². The Morgan fingerprint density at radius 1 is 0.906 bits per heavy atom. The van der Waals surface area contributed by atoms with E-state index in [2.05, 4.69) is 86.9 Å². The molecule has 0 bridgehead atoms.